The molecule has 0 bridgehead atoms. The third kappa shape index (κ3) is 6.24. The second kappa shape index (κ2) is 11.9. The molecular formula is C29H32ClFN6O3. The van der Waals surface area contributed by atoms with Gasteiger partial charge in [0.2, 0.25) is 5.91 Å². The van der Waals surface area contributed by atoms with Crippen molar-refractivity contribution < 1.29 is 18.7 Å². The van der Waals surface area contributed by atoms with Gasteiger partial charge in [-0.2, -0.15) is 0 Å². The average Bonchev–Trinajstić information content (AvgIpc) is 3.70. The van der Waals surface area contributed by atoms with E-state index in [1.807, 2.05) is 12.1 Å². The molecular weight excluding hydrogens is 535 g/mol. The molecule has 9 nitrogen and oxygen atoms in total. The minimum absolute atomic E-state index is 0.00149. The molecule has 11 heteroatoms. The molecule has 1 saturated carbocycles. The van der Waals surface area contributed by atoms with Gasteiger partial charge in [0.05, 0.1) is 22.4 Å². The zero-order valence-electron chi connectivity index (χ0n) is 22.1. The lowest BCUT2D eigenvalue weighted by Gasteiger charge is -2.31. The molecule has 210 valence electrons. The molecule has 0 spiro atoms. The van der Waals surface area contributed by atoms with E-state index < -0.39 is 29.3 Å². The lowest BCUT2D eigenvalue weighted by Crippen LogP contribution is -2.45. The molecule has 4 N–H and O–H groups in total. The van der Waals surface area contributed by atoms with E-state index in [9.17, 15) is 9.59 Å². The number of amides is 3. The van der Waals surface area contributed by atoms with Crippen molar-refractivity contribution in [1.29, 1.82) is 0 Å². The van der Waals surface area contributed by atoms with Crippen LogP contribution in [0.3, 0.4) is 0 Å². The van der Waals surface area contributed by atoms with Gasteiger partial charge >= 0.3 is 6.03 Å². The Morgan fingerprint density at radius 1 is 1.15 bits per heavy atom. The summed E-state index contributed by atoms with van der Waals surface area (Å²) in [7, 11) is 1.52. The van der Waals surface area contributed by atoms with Crippen molar-refractivity contribution in [2.24, 2.45) is 11.7 Å². The average molecular weight is 567 g/mol. The quantitative estimate of drug-likeness (QED) is 0.338. The lowest BCUT2D eigenvalue weighted by molar-refractivity contribution is -0.119. The van der Waals surface area contributed by atoms with Crippen LogP contribution in [0.2, 0.25) is 5.02 Å². The van der Waals surface area contributed by atoms with Gasteiger partial charge in [0, 0.05) is 38.7 Å². The summed E-state index contributed by atoms with van der Waals surface area (Å²) in [5.41, 5.74) is 7.68. The van der Waals surface area contributed by atoms with Gasteiger partial charge in [0.25, 0.3) is 0 Å². The molecule has 2 unspecified atom stereocenters. The van der Waals surface area contributed by atoms with Gasteiger partial charge in [-0.15, -0.1) is 0 Å². The van der Waals surface area contributed by atoms with E-state index in [0.717, 1.165) is 12.0 Å². The number of nitrogens with zero attached hydrogens (tertiary/aromatic N) is 3. The van der Waals surface area contributed by atoms with Gasteiger partial charge in [-0.3, -0.25) is 15.1 Å². The summed E-state index contributed by atoms with van der Waals surface area (Å²) < 4.78 is 20.5. The largest absolute Gasteiger partial charge is 0.380 e. The molecule has 3 heterocycles. The van der Waals surface area contributed by atoms with E-state index >= 15 is 4.39 Å². The summed E-state index contributed by atoms with van der Waals surface area (Å²) in [6.07, 6.45) is 8.69. The summed E-state index contributed by atoms with van der Waals surface area (Å²) >= 11 is 5.88. The maximum absolute atomic E-state index is 15.0. The molecule has 0 radical (unpaired) electrons. The molecule has 1 aliphatic carbocycles. The van der Waals surface area contributed by atoms with Crippen molar-refractivity contribution in [3.05, 3.63) is 83.0 Å². The van der Waals surface area contributed by atoms with Crippen LogP contribution in [0.25, 0.3) is 0 Å². The van der Waals surface area contributed by atoms with E-state index in [4.69, 9.17) is 22.1 Å². The van der Waals surface area contributed by atoms with Gasteiger partial charge in [-0.05, 0) is 66.3 Å². The number of pyridine rings is 2. The number of nitrogens with two attached hydrogens (primary N) is 1. The van der Waals surface area contributed by atoms with E-state index in [0.29, 0.717) is 22.9 Å². The van der Waals surface area contributed by atoms with Crippen LogP contribution in [0.1, 0.15) is 43.2 Å². The van der Waals surface area contributed by atoms with Crippen LogP contribution >= 0.6 is 11.6 Å². The Labute approximate surface area is 237 Å². The molecule has 2 fully saturated rings. The number of urea groups is 1. The molecule has 3 atom stereocenters. The standard InChI is InChI=1S/C29H32ClFN6O3/c1-40-22-15-25(37(17-22)28(39)36-26-7-5-21(30)16-34-26)27(38)35-24-14-20(4-6-23(24)31)29(32,11-8-18-2-3-18)19-9-12-33-13-10-19/h4-7,9-10,12-14,16,18,22,25H,2-3,8,11,15,17,32H2,1H3,(H,35,38)(H,34,36,39)/t22?,25-,29?/m1/s1. The van der Waals surface area contributed by atoms with Crippen LogP contribution in [0.4, 0.5) is 20.7 Å². The number of hydrogen-bond acceptors (Lipinski definition) is 6. The number of hydrogen-bond donors (Lipinski definition) is 3. The van der Waals surface area contributed by atoms with Crippen LogP contribution in [0.5, 0.6) is 0 Å². The summed E-state index contributed by atoms with van der Waals surface area (Å²) in [5, 5.41) is 5.81. The summed E-state index contributed by atoms with van der Waals surface area (Å²) in [6, 6.07) is 10.0. The maximum Gasteiger partial charge on any atom is 0.323 e. The Balaban J connectivity index is 1.37. The van der Waals surface area contributed by atoms with Crippen molar-refractivity contribution in [1.82, 2.24) is 14.9 Å². The molecule has 1 aromatic carbocycles. The van der Waals surface area contributed by atoms with Crippen molar-refractivity contribution in [2.45, 2.75) is 49.8 Å². The molecule has 5 rings (SSSR count). The van der Waals surface area contributed by atoms with Gasteiger partial charge in [0.15, 0.2) is 0 Å². The number of methoxy groups -OCH3 is 1. The SMILES string of the molecule is COC1C[C@H](C(=O)Nc2cc(C(N)(CCC3CC3)c3ccncc3)ccc2F)N(C(=O)Nc2ccc(Cl)cn2)C1. The van der Waals surface area contributed by atoms with Crippen LogP contribution in [-0.4, -0.2) is 52.6 Å². The highest BCUT2D eigenvalue weighted by molar-refractivity contribution is 6.30. The number of carbonyl (C=O) groups is 2. The Hall–Kier alpha value is -3.60. The number of benzene rings is 1. The molecule has 1 aliphatic heterocycles. The van der Waals surface area contributed by atoms with Gasteiger partial charge in [-0.25, -0.2) is 14.2 Å². The van der Waals surface area contributed by atoms with Gasteiger partial charge in [-0.1, -0.05) is 30.5 Å². The summed E-state index contributed by atoms with van der Waals surface area (Å²) in [4.78, 5) is 36.1. The fourth-order valence-electron chi connectivity index (χ4n) is 5.13. The summed E-state index contributed by atoms with van der Waals surface area (Å²) in [5.74, 6) is -0.186. The fourth-order valence-corrected chi connectivity index (χ4v) is 5.24. The number of rotatable bonds is 9. The van der Waals surface area contributed by atoms with Crippen LogP contribution in [-0.2, 0) is 15.1 Å². The van der Waals surface area contributed by atoms with E-state index in [2.05, 4.69) is 20.6 Å². The molecule has 2 aliphatic rings. The highest BCUT2D eigenvalue weighted by Gasteiger charge is 2.40. The monoisotopic (exact) mass is 566 g/mol. The number of aromatic nitrogens is 2. The number of anilines is 2. The molecule has 2 aromatic heterocycles. The minimum Gasteiger partial charge on any atom is -0.380 e. The minimum atomic E-state index is -0.891. The zero-order valence-corrected chi connectivity index (χ0v) is 22.9. The number of likely N-dealkylation sites (tertiary alicyclic amines) is 1. The third-order valence-electron chi connectivity index (χ3n) is 7.70. The van der Waals surface area contributed by atoms with Gasteiger partial charge in [0.1, 0.15) is 17.7 Å². The first-order valence-electron chi connectivity index (χ1n) is 13.3. The highest BCUT2D eigenvalue weighted by Crippen LogP contribution is 2.40. The number of ether oxygens (including phenoxy) is 1. The topological polar surface area (TPSA) is 122 Å². The predicted molar refractivity (Wildman–Crippen MR) is 150 cm³/mol. The lowest BCUT2D eigenvalue weighted by atomic mass is 9.79. The normalized spacial score (nSPS) is 20.1. The smallest absolute Gasteiger partial charge is 0.323 e. The molecule has 3 aromatic rings. The Bertz CT molecular complexity index is 1360. The first kappa shape index (κ1) is 27.9. The molecule has 3 amide bonds. The second-order valence-electron chi connectivity index (χ2n) is 10.4. The van der Waals surface area contributed by atoms with Crippen molar-refractivity contribution >= 4 is 35.0 Å². The van der Waals surface area contributed by atoms with Crippen LogP contribution in [0, 0.1) is 11.7 Å². The maximum atomic E-state index is 15.0. The Morgan fingerprint density at radius 3 is 2.60 bits per heavy atom. The van der Waals surface area contributed by atoms with Gasteiger partial charge < -0.3 is 20.7 Å². The predicted octanol–water partition coefficient (Wildman–Crippen LogP) is 4.92. The number of carbonyl (C=O) groups excluding carboxylic acids is 2. The fraction of sp³-hybridized carbons (Fsp3) is 0.379. The Morgan fingerprint density at radius 2 is 1.93 bits per heavy atom. The second-order valence-corrected chi connectivity index (χ2v) is 10.9. The number of nitrogens with one attached hydrogen (secondary N) is 2. The summed E-state index contributed by atoms with van der Waals surface area (Å²) in [6.45, 7) is 0.186. The first-order chi connectivity index (χ1) is 19.3. The zero-order chi connectivity index (χ0) is 28.3. The number of halogens is 2. The third-order valence-corrected chi connectivity index (χ3v) is 7.92. The Kier molecular flexibility index (Phi) is 8.30. The van der Waals surface area contributed by atoms with E-state index in [1.54, 1.807) is 36.7 Å². The van der Waals surface area contributed by atoms with Crippen molar-refractivity contribution in [2.75, 3.05) is 24.3 Å². The van der Waals surface area contributed by atoms with Crippen molar-refractivity contribution in [3.63, 3.8) is 0 Å². The molecule has 40 heavy (non-hydrogen) atoms. The van der Waals surface area contributed by atoms with E-state index in [1.165, 1.54) is 37.1 Å². The highest BCUT2D eigenvalue weighted by atomic mass is 35.5. The van der Waals surface area contributed by atoms with Crippen molar-refractivity contribution in [3.8, 4) is 0 Å². The first-order valence-corrected chi connectivity index (χ1v) is 13.7. The van der Waals surface area contributed by atoms with E-state index in [-0.39, 0.29) is 30.6 Å². The van der Waals surface area contributed by atoms with Crippen LogP contribution in [0.15, 0.2) is 61.1 Å². The van der Waals surface area contributed by atoms with Crippen LogP contribution < -0.4 is 16.4 Å². The molecule has 1 saturated heterocycles.